The second-order valence-corrected chi connectivity index (χ2v) is 4.46. The van der Waals surface area contributed by atoms with E-state index in [1.54, 1.807) is 0 Å². The number of rotatable bonds is 2. The molecule has 0 spiro atoms. The van der Waals surface area contributed by atoms with E-state index in [2.05, 4.69) is 14.5 Å². The van der Waals surface area contributed by atoms with Gasteiger partial charge in [0.2, 0.25) is 0 Å². The minimum Gasteiger partial charge on any atom is -0.464 e. The summed E-state index contributed by atoms with van der Waals surface area (Å²) in [6.07, 6.45) is 0. The van der Waals surface area contributed by atoms with Gasteiger partial charge in [-0.25, -0.2) is 19.2 Å². The molecule has 0 atom stereocenters. The molecule has 0 fully saturated rings. The maximum absolute atomic E-state index is 10.9. The number of aromatic nitrogens is 4. The zero-order valence-corrected chi connectivity index (χ0v) is 13.5. The first-order chi connectivity index (χ1) is 11.7. The highest BCUT2D eigenvalue weighted by molar-refractivity contribution is 6.33. The number of esters is 2. The Morgan fingerprint density at radius 3 is 1.96 bits per heavy atom. The van der Waals surface area contributed by atoms with E-state index in [1.165, 1.54) is 0 Å². The third kappa shape index (κ3) is 5.31. The lowest BCUT2D eigenvalue weighted by molar-refractivity contribution is 0.0584. The lowest BCUT2D eigenvalue weighted by atomic mass is 10.4. The molecule has 0 aromatic carbocycles. The van der Waals surface area contributed by atoms with E-state index in [0.717, 1.165) is 20.3 Å². The second kappa shape index (κ2) is 8.44. The molecule has 0 bridgehead atoms. The van der Waals surface area contributed by atoms with Crippen molar-refractivity contribution in [1.29, 1.82) is 0 Å². The van der Waals surface area contributed by atoms with Gasteiger partial charge in [0, 0.05) is 6.07 Å². The smallest absolute Gasteiger partial charge is 0.356 e. The van der Waals surface area contributed by atoms with E-state index in [4.69, 9.17) is 11.6 Å². The highest BCUT2D eigenvalue weighted by Crippen LogP contribution is 2.05. The van der Waals surface area contributed by atoms with Crippen molar-refractivity contribution >= 4 is 23.5 Å². The number of methoxy groups -OCH3 is 2. The largest absolute Gasteiger partial charge is 0.464 e. The van der Waals surface area contributed by atoms with Crippen LogP contribution >= 0.6 is 11.6 Å². The summed E-state index contributed by atoms with van der Waals surface area (Å²) >= 11 is 5.42. The molecule has 0 aliphatic carbocycles. The number of nitrogens with one attached hydrogen (secondary N) is 4. The van der Waals surface area contributed by atoms with Gasteiger partial charge in [-0.15, -0.1) is 0 Å². The minimum atomic E-state index is -0.867. The van der Waals surface area contributed by atoms with Crippen LogP contribution in [0.1, 0.15) is 21.0 Å². The topological polar surface area (TPSA) is 184 Å². The molecule has 4 N–H and O–H groups in total. The monoisotopic (exact) mass is 374 g/mol. The van der Waals surface area contributed by atoms with Crippen LogP contribution in [0, 0.1) is 0 Å². The normalized spacial score (nSPS) is 9.56. The number of carbonyl (C=O) groups is 2. The van der Waals surface area contributed by atoms with Gasteiger partial charge in [0.25, 0.3) is 11.1 Å². The van der Waals surface area contributed by atoms with Crippen LogP contribution in [0.15, 0.2) is 25.2 Å². The quantitative estimate of drug-likeness (QED) is 0.450. The number of hydrogen-bond acceptors (Lipinski definition) is 8. The average molecular weight is 375 g/mol. The zero-order chi connectivity index (χ0) is 19.1. The number of hydrogen-bond donors (Lipinski definition) is 4. The van der Waals surface area contributed by atoms with Gasteiger partial charge < -0.3 is 14.5 Å². The van der Waals surface area contributed by atoms with Crippen LogP contribution in [0.2, 0.25) is 5.02 Å². The Balaban J connectivity index is 0.000000251. The summed E-state index contributed by atoms with van der Waals surface area (Å²) in [5, 5.41) is -0.397. The molecule has 0 saturated carbocycles. The Bertz CT molecular complexity index is 987. The number of ether oxygens (including phenoxy) is 2. The summed E-state index contributed by atoms with van der Waals surface area (Å²) in [5.41, 5.74) is -3.52. The molecule has 0 saturated heterocycles. The van der Waals surface area contributed by atoms with Crippen molar-refractivity contribution in [2.45, 2.75) is 0 Å². The summed E-state index contributed by atoms with van der Waals surface area (Å²) in [5.74, 6) is -1.62. The molecule has 0 aliphatic rings. The Hall–Kier alpha value is -3.41. The number of carbonyl (C=O) groups excluding carboxylic acids is 2. The minimum absolute atomic E-state index is 0.161. The summed E-state index contributed by atoms with van der Waals surface area (Å²) in [7, 11) is 2.26. The molecular weight excluding hydrogens is 364 g/mol. The summed E-state index contributed by atoms with van der Waals surface area (Å²) < 4.78 is 8.57. The van der Waals surface area contributed by atoms with Gasteiger partial charge in [0.05, 0.1) is 14.2 Å². The van der Waals surface area contributed by atoms with Crippen molar-refractivity contribution in [1.82, 2.24) is 19.9 Å². The molecule has 0 unspecified atom stereocenters. The first kappa shape index (κ1) is 19.6. The predicted octanol–water partition coefficient (Wildman–Crippen LogP) is -1.65. The van der Waals surface area contributed by atoms with E-state index in [0.29, 0.717) is 0 Å². The van der Waals surface area contributed by atoms with Crippen molar-refractivity contribution < 1.29 is 19.1 Å². The Morgan fingerprint density at radius 2 is 1.44 bits per heavy atom. The van der Waals surface area contributed by atoms with Crippen LogP contribution in [0.5, 0.6) is 0 Å². The van der Waals surface area contributed by atoms with Crippen LogP contribution in [0.25, 0.3) is 0 Å². The van der Waals surface area contributed by atoms with Gasteiger partial charge in [-0.1, -0.05) is 11.6 Å². The maximum Gasteiger partial charge on any atom is 0.356 e. The van der Waals surface area contributed by atoms with Gasteiger partial charge >= 0.3 is 23.3 Å². The highest BCUT2D eigenvalue weighted by Gasteiger charge is 2.14. The van der Waals surface area contributed by atoms with Gasteiger partial charge in [0.15, 0.2) is 5.69 Å². The third-order valence-electron chi connectivity index (χ3n) is 2.44. The van der Waals surface area contributed by atoms with Crippen LogP contribution in [0.3, 0.4) is 0 Å². The standard InChI is InChI=1S/C6H5ClN2O4.C6H6N2O4/c1-13-5(11)3-2(7)4(10)9-6(12)8-3;1-12-5(10)3-2-4(9)8-6(11)7-3/h1H3,(H2,8,9,10,12);2H,1H3,(H2,7,8,9,11). The lowest BCUT2D eigenvalue weighted by Crippen LogP contribution is -2.27. The fourth-order valence-electron chi connectivity index (χ4n) is 1.40. The molecule has 2 aromatic rings. The van der Waals surface area contributed by atoms with Crippen LogP contribution < -0.4 is 22.5 Å². The highest BCUT2D eigenvalue weighted by atomic mass is 35.5. The molecule has 25 heavy (non-hydrogen) atoms. The molecule has 2 aromatic heterocycles. The van der Waals surface area contributed by atoms with E-state index >= 15 is 0 Å². The van der Waals surface area contributed by atoms with Gasteiger partial charge in [-0.05, 0) is 0 Å². The molecule has 0 amide bonds. The van der Waals surface area contributed by atoms with Gasteiger partial charge in [-0.2, -0.15) is 0 Å². The van der Waals surface area contributed by atoms with E-state index in [9.17, 15) is 28.8 Å². The van der Waals surface area contributed by atoms with Crippen LogP contribution in [-0.2, 0) is 9.47 Å². The summed E-state index contributed by atoms with van der Waals surface area (Å²) in [4.78, 5) is 72.4. The molecule has 2 heterocycles. The second-order valence-electron chi connectivity index (χ2n) is 4.08. The van der Waals surface area contributed by atoms with Crippen LogP contribution in [-0.4, -0.2) is 46.1 Å². The van der Waals surface area contributed by atoms with Crippen molar-refractivity contribution in [3.8, 4) is 0 Å². The number of halogens is 1. The third-order valence-corrected chi connectivity index (χ3v) is 2.80. The number of aromatic amines is 4. The molecule has 12 nitrogen and oxygen atoms in total. The van der Waals surface area contributed by atoms with Crippen molar-refractivity contribution in [3.63, 3.8) is 0 Å². The molecular formula is C12H11ClN4O8. The fourth-order valence-corrected chi connectivity index (χ4v) is 1.57. The summed E-state index contributed by atoms with van der Waals surface area (Å²) in [6, 6.07) is 0.952. The SMILES string of the molecule is COC(=O)c1[nH]c(=O)[nH]c(=O)c1Cl.COC(=O)c1cc(=O)[nH]c(=O)[nH]1. The van der Waals surface area contributed by atoms with Gasteiger partial charge in [-0.3, -0.25) is 24.5 Å². The maximum atomic E-state index is 10.9. The fraction of sp³-hybridized carbons (Fsp3) is 0.167. The lowest BCUT2D eigenvalue weighted by Gasteiger charge is -1.98. The first-order valence-electron chi connectivity index (χ1n) is 6.22. The zero-order valence-electron chi connectivity index (χ0n) is 12.7. The Labute approximate surface area is 141 Å². The van der Waals surface area contributed by atoms with Crippen molar-refractivity contribution in [2.24, 2.45) is 0 Å². The number of H-pyrrole nitrogens is 4. The van der Waals surface area contributed by atoms with E-state index < -0.39 is 39.5 Å². The first-order valence-corrected chi connectivity index (χ1v) is 6.59. The molecule has 134 valence electrons. The molecule has 0 aliphatic heterocycles. The predicted molar refractivity (Wildman–Crippen MR) is 83.1 cm³/mol. The Kier molecular flexibility index (Phi) is 6.63. The Morgan fingerprint density at radius 1 is 0.880 bits per heavy atom. The molecule has 13 heteroatoms. The van der Waals surface area contributed by atoms with Gasteiger partial charge in [0.1, 0.15) is 10.7 Å². The van der Waals surface area contributed by atoms with Crippen LogP contribution in [0.4, 0.5) is 0 Å². The summed E-state index contributed by atoms with van der Waals surface area (Å²) in [6.45, 7) is 0. The van der Waals surface area contributed by atoms with E-state index in [1.807, 2.05) is 15.0 Å². The van der Waals surface area contributed by atoms with Crippen molar-refractivity contribution in [2.75, 3.05) is 14.2 Å². The van der Waals surface area contributed by atoms with E-state index in [-0.39, 0.29) is 11.4 Å². The molecule has 0 radical (unpaired) electrons. The van der Waals surface area contributed by atoms with Crippen molar-refractivity contribution in [3.05, 3.63) is 64.2 Å². The average Bonchev–Trinajstić information content (AvgIpc) is 2.56. The molecule has 2 rings (SSSR count).